The van der Waals surface area contributed by atoms with E-state index in [1.54, 1.807) is 12.4 Å². The van der Waals surface area contributed by atoms with Gasteiger partial charge in [0.1, 0.15) is 5.92 Å². The minimum Gasteiger partial charge on any atom is -0.468 e. The quantitative estimate of drug-likeness (QED) is 0.582. The number of carbonyl (C=O) groups is 1. The number of esters is 1. The van der Waals surface area contributed by atoms with Gasteiger partial charge in [0.2, 0.25) is 5.28 Å². The van der Waals surface area contributed by atoms with Crippen LogP contribution in [0.3, 0.4) is 0 Å². The topological polar surface area (TPSA) is 81.4 Å². The number of carbonyl (C=O) groups excluding carboxylic acids is 1. The third kappa shape index (κ3) is 3.98. The van der Waals surface area contributed by atoms with Gasteiger partial charge in [-0.1, -0.05) is 19.0 Å². The van der Waals surface area contributed by atoms with Crippen molar-refractivity contribution in [2.24, 2.45) is 5.92 Å². The predicted molar refractivity (Wildman–Crippen MR) is 97.3 cm³/mol. The van der Waals surface area contributed by atoms with Crippen molar-refractivity contribution in [1.82, 2.24) is 15.1 Å². The number of ether oxygens (including phenoxy) is 1. The Morgan fingerprint density at radius 1 is 1.31 bits per heavy atom. The highest BCUT2D eigenvalue weighted by Gasteiger charge is 2.31. The number of hydrogen-bond donors (Lipinski definition) is 0. The first-order valence-electron chi connectivity index (χ1n) is 8.76. The van der Waals surface area contributed by atoms with Crippen LogP contribution < -0.4 is 4.90 Å². The van der Waals surface area contributed by atoms with Crippen LogP contribution in [-0.4, -0.2) is 41.3 Å². The highest BCUT2D eigenvalue weighted by Crippen LogP contribution is 2.33. The molecule has 1 aliphatic heterocycles. The van der Waals surface area contributed by atoms with Crippen LogP contribution >= 0.6 is 11.6 Å². The Kier molecular flexibility index (Phi) is 5.76. The number of nitrogens with zero attached hydrogens (tertiary/aromatic N) is 4. The van der Waals surface area contributed by atoms with Gasteiger partial charge in [0, 0.05) is 25.1 Å². The van der Waals surface area contributed by atoms with Gasteiger partial charge >= 0.3 is 5.97 Å². The lowest BCUT2D eigenvalue weighted by atomic mass is 9.90. The molecule has 1 fully saturated rings. The summed E-state index contributed by atoms with van der Waals surface area (Å²) >= 11 is 5.74. The first-order valence-corrected chi connectivity index (χ1v) is 9.14. The van der Waals surface area contributed by atoms with E-state index in [1.165, 1.54) is 7.11 Å². The minimum absolute atomic E-state index is 0.0787. The molecule has 0 bridgehead atoms. The van der Waals surface area contributed by atoms with Gasteiger partial charge in [0.05, 0.1) is 30.9 Å². The Balaban J connectivity index is 1.66. The van der Waals surface area contributed by atoms with Gasteiger partial charge in [-0.3, -0.25) is 4.79 Å². The van der Waals surface area contributed by atoms with Crippen LogP contribution in [-0.2, 0) is 9.53 Å². The maximum Gasteiger partial charge on any atom is 0.316 e. The number of halogens is 1. The summed E-state index contributed by atoms with van der Waals surface area (Å²) in [5.41, 5.74) is 1.88. The molecule has 2 aromatic heterocycles. The summed E-state index contributed by atoms with van der Waals surface area (Å²) in [4.78, 5) is 22.3. The minimum atomic E-state index is -0.424. The molecule has 0 saturated carbocycles. The monoisotopic (exact) mass is 378 g/mol. The lowest BCUT2D eigenvalue weighted by Gasteiger charge is -2.32. The second-order valence-corrected chi connectivity index (χ2v) is 7.21. The molecule has 1 saturated heterocycles. The fourth-order valence-corrected chi connectivity index (χ4v) is 3.49. The number of hydrogen-bond acceptors (Lipinski definition) is 7. The van der Waals surface area contributed by atoms with Crippen molar-refractivity contribution in [1.29, 1.82) is 0 Å². The Bertz CT molecular complexity index is 739. The lowest BCUT2D eigenvalue weighted by Crippen LogP contribution is -2.33. The van der Waals surface area contributed by atoms with Gasteiger partial charge < -0.3 is 14.2 Å². The molecule has 26 heavy (non-hydrogen) atoms. The second-order valence-electron chi connectivity index (χ2n) is 6.87. The largest absolute Gasteiger partial charge is 0.468 e. The highest BCUT2D eigenvalue weighted by molar-refractivity contribution is 6.28. The molecule has 0 radical (unpaired) electrons. The first-order chi connectivity index (χ1) is 12.5. The Hall–Kier alpha value is -2.15. The van der Waals surface area contributed by atoms with Gasteiger partial charge in [0.15, 0.2) is 5.76 Å². The van der Waals surface area contributed by atoms with Gasteiger partial charge in [-0.25, -0.2) is 9.97 Å². The van der Waals surface area contributed by atoms with Crippen LogP contribution in [0.2, 0.25) is 5.28 Å². The number of anilines is 1. The molecule has 1 unspecified atom stereocenters. The van der Waals surface area contributed by atoms with Gasteiger partial charge in [0.25, 0.3) is 0 Å². The van der Waals surface area contributed by atoms with E-state index in [2.05, 4.69) is 20.0 Å². The average molecular weight is 379 g/mol. The smallest absolute Gasteiger partial charge is 0.316 e. The molecular formula is C18H23ClN4O3. The van der Waals surface area contributed by atoms with Crippen molar-refractivity contribution in [2.45, 2.75) is 38.5 Å². The Morgan fingerprint density at radius 2 is 1.96 bits per heavy atom. The molecule has 0 amide bonds. The number of piperidine rings is 1. The molecule has 0 spiro atoms. The summed E-state index contributed by atoms with van der Waals surface area (Å²) in [5, 5.41) is 4.48. The summed E-state index contributed by atoms with van der Waals surface area (Å²) in [5.74, 6) is 0.251. The van der Waals surface area contributed by atoms with E-state index in [0.717, 1.165) is 37.3 Å². The van der Waals surface area contributed by atoms with Crippen molar-refractivity contribution in [3.8, 4) is 0 Å². The highest BCUT2D eigenvalue weighted by atomic mass is 35.5. The van der Waals surface area contributed by atoms with Crippen LogP contribution in [0.4, 0.5) is 5.69 Å². The van der Waals surface area contributed by atoms with Gasteiger partial charge in [-0.2, -0.15) is 0 Å². The van der Waals surface area contributed by atoms with Gasteiger partial charge in [-0.05, 0) is 30.4 Å². The molecule has 2 aromatic rings. The average Bonchev–Trinajstić information content (AvgIpc) is 3.11. The van der Waals surface area contributed by atoms with Crippen LogP contribution in [0.25, 0.3) is 0 Å². The van der Waals surface area contributed by atoms with Crippen LogP contribution in [0.1, 0.15) is 50.0 Å². The molecule has 140 valence electrons. The van der Waals surface area contributed by atoms with E-state index < -0.39 is 5.92 Å². The van der Waals surface area contributed by atoms with E-state index >= 15 is 0 Å². The summed E-state index contributed by atoms with van der Waals surface area (Å²) in [6.45, 7) is 5.69. The lowest BCUT2D eigenvalue weighted by molar-refractivity contribution is -0.144. The van der Waals surface area contributed by atoms with Crippen LogP contribution in [0, 0.1) is 5.92 Å². The molecular weight excluding hydrogens is 356 g/mol. The zero-order chi connectivity index (χ0) is 18.7. The van der Waals surface area contributed by atoms with Crippen molar-refractivity contribution >= 4 is 23.3 Å². The summed E-state index contributed by atoms with van der Waals surface area (Å²) < 4.78 is 10.4. The van der Waals surface area contributed by atoms with E-state index in [-0.39, 0.29) is 17.2 Å². The van der Waals surface area contributed by atoms with Crippen LogP contribution in [0.15, 0.2) is 23.0 Å². The van der Waals surface area contributed by atoms with Crippen molar-refractivity contribution < 1.29 is 14.1 Å². The predicted octanol–water partition coefficient (Wildman–Crippen LogP) is 3.41. The van der Waals surface area contributed by atoms with E-state index in [1.807, 2.05) is 19.9 Å². The molecule has 3 rings (SSSR count). The number of aromatic nitrogens is 3. The van der Waals surface area contributed by atoms with Crippen molar-refractivity contribution in [3.05, 3.63) is 35.2 Å². The zero-order valence-corrected chi connectivity index (χ0v) is 15.9. The summed E-state index contributed by atoms with van der Waals surface area (Å²) in [7, 11) is 1.39. The maximum absolute atomic E-state index is 12.0. The molecule has 1 aliphatic rings. The van der Waals surface area contributed by atoms with E-state index in [4.69, 9.17) is 20.9 Å². The maximum atomic E-state index is 12.0. The zero-order valence-electron chi connectivity index (χ0n) is 15.2. The number of rotatable bonds is 5. The molecule has 0 aliphatic carbocycles. The number of methoxy groups -OCH3 is 1. The summed E-state index contributed by atoms with van der Waals surface area (Å²) in [6.07, 6.45) is 5.37. The first kappa shape index (κ1) is 18.6. The SMILES string of the molecule is COC(=O)C(c1cc(C2CCN(c3cnc(Cl)nc3)CC2)no1)C(C)C. The molecule has 3 heterocycles. The van der Waals surface area contributed by atoms with Gasteiger partial charge in [-0.15, -0.1) is 0 Å². The van der Waals surface area contributed by atoms with E-state index in [0.29, 0.717) is 11.7 Å². The van der Waals surface area contributed by atoms with Crippen molar-refractivity contribution in [2.75, 3.05) is 25.1 Å². The third-order valence-corrected chi connectivity index (χ3v) is 5.06. The van der Waals surface area contributed by atoms with Crippen molar-refractivity contribution in [3.63, 3.8) is 0 Å². The van der Waals surface area contributed by atoms with E-state index in [9.17, 15) is 4.79 Å². The Labute approximate surface area is 157 Å². The third-order valence-electron chi connectivity index (χ3n) is 4.86. The second kappa shape index (κ2) is 8.03. The Morgan fingerprint density at radius 3 is 2.54 bits per heavy atom. The standard InChI is InChI=1S/C18H23ClN4O3/c1-11(2)16(17(24)25-3)15-8-14(22-26-15)12-4-6-23(7-5-12)13-9-20-18(19)21-10-13/h8-12,16H,4-7H2,1-3H3. The fourth-order valence-electron chi connectivity index (χ4n) is 3.39. The molecule has 0 aromatic carbocycles. The normalized spacial score (nSPS) is 16.7. The molecule has 8 heteroatoms. The van der Waals surface area contributed by atoms with Crippen LogP contribution in [0.5, 0.6) is 0 Å². The summed E-state index contributed by atoms with van der Waals surface area (Å²) in [6, 6.07) is 1.91. The molecule has 0 N–H and O–H groups in total. The molecule has 7 nitrogen and oxygen atoms in total. The fraction of sp³-hybridized carbons (Fsp3) is 0.556. The molecule has 1 atom stereocenters.